The van der Waals surface area contributed by atoms with E-state index in [9.17, 15) is 4.79 Å². The molecule has 0 atom stereocenters. The Kier molecular flexibility index (Phi) is 2.72. The van der Waals surface area contributed by atoms with Crippen LogP contribution in [0.2, 0.25) is 0 Å². The first-order chi connectivity index (χ1) is 7.74. The van der Waals surface area contributed by atoms with Gasteiger partial charge in [-0.1, -0.05) is 0 Å². The Balaban J connectivity index is 2.63. The molecule has 0 aliphatic rings. The quantitative estimate of drug-likeness (QED) is 0.616. The summed E-state index contributed by atoms with van der Waals surface area (Å²) in [6.07, 6.45) is 3.28. The van der Waals surface area contributed by atoms with Crippen molar-refractivity contribution >= 4 is 22.4 Å². The highest BCUT2D eigenvalue weighted by atomic mass is 16.5. The molecule has 0 radical (unpaired) electrons. The number of nitrogens with zero attached hydrogens (tertiary/aromatic N) is 1. The van der Waals surface area contributed by atoms with Crippen molar-refractivity contribution < 1.29 is 9.53 Å². The third-order valence-electron chi connectivity index (χ3n) is 2.35. The van der Waals surface area contributed by atoms with Gasteiger partial charge in [0.05, 0.1) is 12.2 Å². The lowest BCUT2D eigenvalue weighted by Gasteiger charge is -2.07. The van der Waals surface area contributed by atoms with Gasteiger partial charge >= 0.3 is 5.97 Å². The summed E-state index contributed by atoms with van der Waals surface area (Å²) in [5.41, 5.74) is 6.94. The topological polar surface area (TPSA) is 65.2 Å². The molecule has 4 nitrogen and oxygen atoms in total. The Labute approximate surface area is 93.0 Å². The largest absolute Gasteiger partial charge is 0.462 e. The molecule has 1 aromatic heterocycles. The highest BCUT2D eigenvalue weighted by Gasteiger charge is 2.11. The van der Waals surface area contributed by atoms with E-state index in [2.05, 4.69) is 4.98 Å². The summed E-state index contributed by atoms with van der Waals surface area (Å²) in [5.74, 6) is -0.335. The van der Waals surface area contributed by atoms with Crippen molar-refractivity contribution in [1.29, 1.82) is 0 Å². The van der Waals surface area contributed by atoms with Gasteiger partial charge in [-0.2, -0.15) is 0 Å². The van der Waals surface area contributed by atoms with Crippen LogP contribution in [0.15, 0.2) is 30.6 Å². The number of anilines is 1. The number of ether oxygens (including phenoxy) is 1. The highest BCUT2D eigenvalue weighted by molar-refractivity contribution is 6.07. The maximum Gasteiger partial charge on any atom is 0.338 e. The second-order valence-electron chi connectivity index (χ2n) is 3.34. The molecule has 0 aliphatic carbocycles. The molecule has 0 unspecified atom stereocenters. The summed E-state index contributed by atoms with van der Waals surface area (Å²) in [7, 11) is 0. The molecule has 1 aromatic carbocycles. The number of nitrogen functional groups attached to an aromatic ring is 1. The van der Waals surface area contributed by atoms with E-state index in [4.69, 9.17) is 10.5 Å². The molecule has 2 aromatic rings. The number of hydrogen-bond acceptors (Lipinski definition) is 4. The first-order valence-electron chi connectivity index (χ1n) is 5.03. The van der Waals surface area contributed by atoms with Crippen LogP contribution in [-0.4, -0.2) is 17.6 Å². The second kappa shape index (κ2) is 4.18. The maximum absolute atomic E-state index is 11.7. The van der Waals surface area contributed by atoms with E-state index >= 15 is 0 Å². The van der Waals surface area contributed by atoms with Crippen molar-refractivity contribution in [3.8, 4) is 0 Å². The fraction of sp³-hybridized carbons (Fsp3) is 0.167. The molecule has 0 aliphatic heterocycles. The molecule has 0 bridgehead atoms. The number of esters is 1. The normalized spacial score (nSPS) is 10.3. The van der Waals surface area contributed by atoms with E-state index in [1.54, 1.807) is 37.5 Å². The minimum absolute atomic E-state index is 0.335. The number of aromatic nitrogens is 1. The number of hydrogen-bond donors (Lipinski definition) is 1. The summed E-state index contributed by atoms with van der Waals surface area (Å²) in [5, 5.41) is 1.54. The van der Waals surface area contributed by atoms with E-state index in [0.29, 0.717) is 17.9 Å². The molecule has 16 heavy (non-hydrogen) atoms. The summed E-state index contributed by atoms with van der Waals surface area (Å²) in [4.78, 5) is 15.7. The van der Waals surface area contributed by atoms with Gasteiger partial charge < -0.3 is 10.5 Å². The smallest absolute Gasteiger partial charge is 0.338 e. The average Bonchev–Trinajstić information content (AvgIpc) is 2.30. The molecule has 1 heterocycles. The fourth-order valence-corrected chi connectivity index (χ4v) is 1.60. The number of carbonyl (C=O) groups excluding carboxylic acids is 1. The van der Waals surface area contributed by atoms with Crippen molar-refractivity contribution in [3.05, 3.63) is 36.2 Å². The van der Waals surface area contributed by atoms with Crippen LogP contribution in [0.4, 0.5) is 5.69 Å². The molecule has 0 saturated carbocycles. The van der Waals surface area contributed by atoms with Crippen molar-refractivity contribution in [2.24, 2.45) is 0 Å². The predicted octanol–water partition coefficient (Wildman–Crippen LogP) is 1.99. The zero-order valence-corrected chi connectivity index (χ0v) is 8.93. The zero-order valence-electron chi connectivity index (χ0n) is 8.93. The van der Waals surface area contributed by atoms with Gasteiger partial charge in [0.25, 0.3) is 0 Å². The van der Waals surface area contributed by atoms with Gasteiger partial charge in [0.15, 0.2) is 0 Å². The van der Waals surface area contributed by atoms with Gasteiger partial charge in [-0.3, -0.25) is 4.98 Å². The van der Waals surface area contributed by atoms with Crippen molar-refractivity contribution in [3.63, 3.8) is 0 Å². The Morgan fingerprint density at radius 3 is 2.94 bits per heavy atom. The van der Waals surface area contributed by atoms with Gasteiger partial charge in [-0.15, -0.1) is 0 Å². The van der Waals surface area contributed by atoms with Gasteiger partial charge in [0, 0.05) is 28.9 Å². The van der Waals surface area contributed by atoms with Gasteiger partial charge in [-0.05, 0) is 25.1 Å². The number of rotatable bonds is 2. The summed E-state index contributed by atoms with van der Waals surface area (Å²) < 4.78 is 4.98. The Bertz CT molecular complexity index is 538. The Morgan fingerprint density at radius 2 is 2.19 bits per heavy atom. The number of fused-ring (bicyclic) bond motifs is 1. The predicted molar refractivity (Wildman–Crippen MR) is 62.1 cm³/mol. The standard InChI is InChI=1S/C12H12N2O2/c1-2-16-12(15)9-3-4-11(13)10-7-14-6-5-8(9)10/h3-7H,2,13H2,1H3. The maximum atomic E-state index is 11.7. The Morgan fingerprint density at radius 1 is 1.38 bits per heavy atom. The molecule has 4 heteroatoms. The van der Waals surface area contributed by atoms with Crippen LogP contribution < -0.4 is 5.73 Å². The number of pyridine rings is 1. The third kappa shape index (κ3) is 1.69. The van der Waals surface area contributed by atoms with E-state index in [1.807, 2.05) is 0 Å². The summed E-state index contributed by atoms with van der Waals surface area (Å²) >= 11 is 0. The number of benzene rings is 1. The Hall–Kier alpha value is -2.10. The van der Waals surface area contributed by atoms with E-state index in [-0.39, 0.29) is 5.97 Å². The van der Waals surface area contributed by atoms with Crippen LogP contribution in [0.5, 0.6) is 0 Å². The van der Waals surface area contributed by atoms with Crippen LogP contribution in [-0.2, 0) is 4.74 Å². The number of nitrogens with two attached hydrogens (primary N) is 1. The van der Waals surface area contributed by atoms with Crippen LogP contribution >= 0.6 is 0 Å². The molecular weight excluding hydrogens is 204 g/mol. The van der Waals surface area contributed by atoms with E-state index in [0.717, 1.165) is 10.8 Å². The molecule has 0 spiro atoms. The van der Waals surface area contributed by atoms with Crippen molar-refractivity contribution in [2.45, 2.75) is 6.92 Å². The lowest BCUT2D eigenvalue weighted by Crippen LogP contribution is -2.06. The monoisotopic (exact) mass is 216 g/mol. The average molecular weight is 216 g/mol. The SMILES string of the molecule is CCOC(=O)c1ccc(N)c2cnccc12. The fourth-order valence-electron chi connectivity index (χ4n) is 1.60. The summed E-state index contributed by atoms with van der Waals surface area (Å²) in [6, 6.07) is 5.13. The van der Waals surface area contributed by atoms with Gasteiger partial charge in [-0.25, -0.2) is 4.79 Å². The first kappa shape index (κ1) is 10.4. The molecule has 0 fully saturated rings. The van der Waals surface area contributed by atoms with Gasteiger partial charge in [0.1, 0.15) is 0 Å². The lowest BCUT2D eigenvalue weighted by atomic mass is 10.1. The van der Waals surface area contributed by atoms with Gasteiger partial charge in [0.2, 0.25) is 0 Å². The molecule has 82 valence electrons. The molecule has 0 amide bonds. The highest BCUT2D eigenvalue weighted by Crippen LogP contribution is 2.24. The van der Waals surface area contributed by atoms with Crippen LogP contribution in [0.25, 0.3) is 10.8 Å². The molecular formula is C12H12N2O2. The van der Waals surface area contributed by atoms with Crippen molar-refractivity contribution in [1.82, 2.24) is 4.98 Å². The van der Waals surface area contributed by atoms with Crippen molar-refractivity contribution in [2.75, 3.05) is 12.3 Å². The third-order valence-corrected chi connectivity index (χ3v) is 2.35. The first-order valence-corrected chi connectivity index (χ1v) is 5.03. The van der Waals surface area contributed by atoms with Crippen LogP contribution in [0.1, 0.15) is 17.3 Å². The molecule has 2 N–H and O–H groups in total. The molecule has 0 saturated heterocycles. The number of carbonyl (C=O) groups is 1. The second-order valence-corrected chi connectivity index (χ2v) is 3.34. The van der Waals surface area contributed by atoms with E-state index in [1.165, 1.54) is 0 Å². The lowest BCUT2D eigenvalue weighted by molar-refractivity contribution is 0.0529. The molecule has 2 rings (SSSR count). The zero-order chi connectivity index (χ0) is 11.5. The minimum atomic E-state index is -0.335. The van der Waals surface area contributed by atoms with Crippen LogP contribution in [0.3, 0.4) is 0 Å². The summed E-state index contributed by atoms with van der Waals surface area (Å²) in [6.45, 7) is 2.13. The van der Waals surface area contributed by atoms with Crippen LogP contribution in [0, 0.1) is 0 Å². The van der Waals surface area contributed by atoms with E-state index < -0.39 is 0 Å². The minimum Gasteiger partial charge on any atom is -0.462 e.